The number of amides is 1. The second kappa shape index (κ2) is 7.04. The standard InChI is InChI=1S/C15H18N4O2S/c20-10-9-18-5-7-19(8-6-18)15-17-14(21)13(22-15)11-12-1-3-16-4-2-12/h1-4,11,20H,5-10H2/b13-11+. The molecule has 0 bridgehead atoms. The Morgan fingerprint density at radius 3 is 2.64 bits per heavy atom. The van der Waals surface area contributed by atoms with Gasteiger partial charge in [0.2, 0.25) is 0 Å². The quantitative estimate of drug-likeness (QED) is 0.826. The molecule has 2 aliphatic heterocycles. The molecule has 1 saturated heterocycles. The zero-order valence-corrected chi connectivity index (χ0v) is 13.0. The van der Waals surface area contributed by atoms with Gasteiger partial charge in [0.1, 0.15) is 0 Å². The van der Waals surface area contributed by atoms with Gasteiger partial charge in [0.25, 0.3) is 5.91 Å². The van der Waals surface area contributed by atoms with Crippen LogP contribution in [0.2, 0.25) is 0 Å². The van der Waals surface area contributed by atoms with E-state index in [1.54, 1.807) is 12.4 Å². The van der Waals surface area contributed by atoms with E-state index in [1.807, 2.05) is 18.2 Å². The highest BCUT2D eigenvalue weighted by Gasteiger charge is 2.28. The molecule has 1 N–H and O–H groups in total. The molecular weight excluding hydrogens is 300 g/mol. The summed E-state index contributed by atoms with van der Waals surface area (Å²) in [6, 6.07) is 3.74. The number of hydrogen-bond acceptors (Lipinski definition) is 6. The molecule has 3 heterocycles. The summed E-state index contributed by atoms with van der Waals surface area (Å²) in [7, 11) is 0. The predicted molar refractivity (Wildman–Crippen MR) is 87.3 cm³/mol. The molecule has 0 spiro atoms. The fourth-order valence-electron chi connectivity index (χ4n) is 2.45. The van der Waals surface area contributed by atoms with E-state index in [0.29, 0.717) is 11.4 Å². The first-order valence-corrected chi connectivity index (χ1v) is 8.08. The number of aliphatic imine (C=N–C) groups is 1. The van der Waals surface area contributed by atoms with E-state index >= 15 is 0 Å². The number of nitrogens with zero attached hydrogens (tertiary/aromatic N) is 4. The van der Waals surface area contributed by atoms with Gasteiger partial charge in [-0.05, 0) is 35.5 Å². The molecule has 1 amide bonds. The molecule has 7 heteroatoms. The van der Waals surface area contributed by atoms with E-state index in [2.05, 4.69) is 19.8 Å². The van der Waals surface area contributed by atoms with Crippen LogP contribution in [0.25, 0.3) is 6.08 Å². The summed E-state index contributed by atoms with van der Waals surface area (Å²) in [6.45, 7) is 4.34. The minimum Gasteiger partial charge on any atom is -0.395 e. The zero-order chi connectivity index (χ0) is 15.4. The molecule has 1 fully saturated rings. The van der Waals surface area contributed by atoms with Gasteiger partial charge in [0.05, 0.1) is 11.5 Å². The lowest BCUT2D eigenvalue weighted by Gasteiger charge is -2.34. The van der Waals surface area contributed by atoms with Crippen molar-refractivity contribution in [3.8, 4) is 0 Å². The Bertz CT molecular complexity index is 595. The van der Waals surface area contributed by atoms with E-state index in [1.165, 1.54) is 11.8 Å². The largest absolute Gasteiger partial charge is 0.395 e. The number of pyridine rings is 1. The second-order valence-corrected chi connectivity index (χ2v) is 6.15. The number of amidine groups is 1. The molecule has 2 aliphatic rings. The van der Waals surface area contributed by atoms with E-state index in [-0.39, 0.29) is 12.5 Å². The van der Waals surface area contributed by atoms with Crippen LogP contribution in [0.4, 0.5) is 0 Å². The van der Waals surface area contributed by atoms with Crippen molar-refractivity contribution in [3.63, 3.8) is 0 Å². The Morgan fingerprint density at radius 2 is 1.95 bits per heavy atom. The van der Waals surface area contributed by atoms with Gasteiger partial charge in [-0.25, -0.2) is 0 Å². The SMILES string of the molecule is O=C1N=C(N2CCN(CCO)CC2)S/C1=C/c1ccncc1. The highest BCUT2D eigenvalue weighted by molar-refractivity contribution is 8.18. The van der Waals surface area contributed by atoms with Gasteiger partial charge in [0.15, 0.2) is 5.17 Å². The average molecular weight is 318 g/mol. The number of aromatic nitrogens is 1. The molecule has 1 aromatic rings. The van der Waals surface area contributed by atoms with Gasteiger partial charge >= 0.3 is 0 Å². The Labute approximate surface area is 133 Å². The molecule has 22 heavy (non-hydrogen) atoms. The Balaban J connectivity index is 1.62. The maximum Gasteiger partial charge on any atom is 0.286 e. The molecule has 1 aromatic heterocycles. The number of β-amino-alcohol motifs (C(OH)–C–C–N with tert-alkyl or cyclic N) is 1. The van der Waals surface area contributed by atoms with Crippen molar-refractivity contribution >= 4 is 28.9 Å². The van der Waals surface area contributed by atoms with Crippen LogP contribution in [0.3, 0.4) is 0 Å². The zero-order valence-electron chi connectivity index (χ0n) is 12.2. The Hall–Kier alpha value is -1.70. The number of piperazine rings is 1. The summed E-state index contributed by atoms with van der Waals surface area (Å²) in [4.78, 5) is 25.2. The number of carbonyl (C=O) groups excluding carboxylic acids is 1. The maximum atomic E-state index is 12.0. The minimum absolute atomic E-state index is 0.172. The van der Waals surface area contributed by atoms with E-state index in [4.69, 9.17) is 5.11 Å². The summed E-state index contributed by atoms with van der Waals surface area (Å²) < 4.78 is 0. The number of thioether (sulfide) groups is 1. The van der Waals surface area contributed by atoms with E-state index in [9.17, 15) is 4.79 Å². The first-order valence-electron chi connectivity index (χ1n) is 7.27. The summed E-state index contributed by atoms with van der Waals surface area (Å²) in [6.07, 6.45) is 5.27. The van der Waals surface area contributed by atoms with Crippen molar-refractivity contribution < 1.29 is 9.90 Å². The van der Waals surface area contributed by atoms with Crippen molar-refractivity contribution in [2.75, 3.05) is 39.3 Å². The third-order valence-electron chi connectivity index (χ3n) is 3.67. The third kappa shape index (κ3) is 3.55. The molecule has 0 unspecified atom stereocenters. The molecule has 0 aliphatic carbocycles. The number of hydrogen-bond donors (Lipinski definition) is 1. The van der Waals surface area contributed by atoms with Crippen LogP contribution < -0.4 is 0 Å². The van der Waals surface area contributed by atoms with Crippen LogP contribution in [-0.4, -0.2) is 70.3 Å². The van der Waals surface area contributed by atoms with Gasteiger partial charge in [-0.3, -0.25) is 14.7 Å². The third-order valence-corrected chi connectivity index (χ3v) is 4.72. The molecule has 116 valence electrons. The van der Waals surface area contributed by atoms with Crippen molar-refractivity contribution in [1.82, 2.24) is 14.8 Å². The topological polar surface area (TPSA) is 69.0 Å². The van der Waals surface area contributed by atoms with E-state index < -0.39 is 0 Å². The van der Waals surface area contributed by atoms with Crippen molar-refractivity contribution in [3.05, 3.63) is 35.0 Å². The molecule has 0 saturated carbocycles. The lowest BCUT2D eigenvalue weighted by molar-refractivity contribution is -0.113. The predicted octanol–water partition coefficient (Wildman–Crippen LogP) is 0.662. The Morgan fingerprint density at radius 1 is 1.23 bits per heavy atom. The molecule has 0 aromatic carbocycles. The van der Waals surface area contributed by atoms with E-state index in [0.717, 1.165) is 36.9 Å². The molecule has 6 nitrogen and oxygen atoms in total. The molecule has 3 rings (SSSR count). The summed E-state index contributed by atoms with van der Waals surface area (Å²) in [5, 5.41) is 9.75. The van der Waals surface area contributed by atoms with Crippen LogP contribution in [0.15, 0.2) is 34.4 Å². The van der Waals surface area contributed by atoms with Crippen LogP contribution in [-0.2, 0) is 4.79 Å². The number of aliphatic hydroxyl groups is 1. The van der Waals surface area contributed by atoms with Crippen LogP contribution >= 0.6 is 11.8 Å². The second-order valence-electron chi connectivity index (χ2n) is 5.14. The van der Waals surface area contributed by atoms with Crippen molar-refractivity contribution in [2.45, 2.75) is 0 Å². The van der Waals surface area contributed by atoms with Gasteiger partial charge < -0.3 is 10.0 Å². The van der Waals surface area contributed by atoms with Crippen molar-refractivity contribution in [2.24, 2.45) is 4.99 Å². The van der Waals surface area contributed by atoms with Gasteiger partial charge in [0, 0.05) is 45.1 Å². The van der Waals surface area contributed by atoms with Crippen LogP contribution in [0.1, 0.15) is 5.56 Å². The lowest BCUT2D eigenvalue weighted by atomic mass is 10.2. The highest BCUT2D eigenvalue weighted by atomic mass is 32.2. The normalized spacial score (nSPS) is 21.5. The fraction of sp³-hybridized carbons (Fsp3) is 0.400. The molecule has 0 radical (unpaired) electrons. The first kappa shape index (κ1) is 15.2. The maximum absolute atomic E-state index is 12.0. The Kier molecular flexibility index (Phi) is 4.87. The first-order chi connectivity index (χ1) is 10.8. The average Bonchev–Trinajstić information content (AvgIpc) is 2.90. The smallest absolute Gasteiger partial charge is 0.286 e. The van der Waals surface area contributed by atoms with Crippen molar-refractivity contribution in [1.29, 1.82) is 0 Å². The monoisotopic (exact) mass is 318 g/mol. The minimum atomic E-state index is -0.172. The lowest BCUT2D eigenvalue weighted by Crippen LogP contribution is -2.48. The van der Waals surface area contributed by atoms with Crippen LogP contribution in [0.5, 0.6) is 0 Å². The number of carbonyl (C=O) groups is 1. The molecular formula is C15H18N4O2S. The summed E-state index contributed by atoms with van der Waals surface area (Å²) in [5.74, 6) is -0.172. The molecule has 0 atom stereocenters. The van der Waals surface area contributed by atoms with Gasteiger partial charge in [-0.1, -0.05) is 0 Å². The van der Waals surface area contributed by atoms with Gasteiger partial charge in [-0.15, -0.1) is 0 Å². The van der Waals surface area contributed by atoms with Gasteiger partial charge in [-0.2, -0.15) is 4.99 Å². The summed E-state index contributed by atoms with van der Waals surface area (Å²) in [5.41, 5.74) is 0.954. The number of rotatable bonds is 3. The number of aliphatic hydroxyl groups excluding tert-OH is 1. The van der Waals surface area contributed by atoms with Crippen LogP contribution in [0, 0.1) is 0 Å². The fourth-order valence-corrected chi connectivity index (χ4v) is 3.41. The highest BCUT2D eigenvalue weighted by Crippen LogP contribution is 2.30. The summed E-state index contributed by atoms with van der Waals surface area (Å²) >= 11 is 1.43.